The zero-order valence-corrected chi connectivity index (χ0v) is 11.3. The van der Waals surface area contributed by atoms with Crippen molar-refractivity contribution in [3.8, 4) is 0 Å². The minimum Gasteiger partial charge on any atom is -0.472 e. The van der Waals surface area contributed by atoms with Crippen LogP contribution in [0, 0.1) is 11.6 Å². The molecule has 1 aromatic heterocycles. The highest BCUT2D eigenvalue weighted by molar-refractivity contribution is 9.10. The molecule has 18 heavy (non-hydrogen) atoms. The SMILES string of the molecule is CCNC(c1ccoc1)c1cc(F)c(Br)cc1F. The molecule has 0 bridgehead atoms. The van der Waals surface area contributed by atoms with Crippen molar-refractivity contribution in [2.75, 3.05) is 6.54 Å². The van der Waals surface area contributed by atoms with Gasteiger partial charge in [-0.1, -0.05) is 6.92 Å². The van der Waals surface area contributed by atoms with E-state index in [2.05, 4.69) is 21.2 Å². The molecule has 0 saturated carbocycles. The first-order valence-electron chi connectivity index (χ1n) is 5.53. The normalized spacial score (nSPS) is 12.7. The lowest BCUT2D eigenvalue weighted by Crippen LogP contribution is -2.22. The van der Waals surface area contributed by atoms with Gasteiger partial charge in [0.1, 0.15) is 11.6 Å². The van der Waals surface area contributed by atoms with Gasteiger partial charge >= 0.3 is 0 Å². The second-order valence-corrected chi connectivity index (χ2v) is 4.69. The summed E-state index contributed by atoms with van der Waals surface area (Å²) in [6.07, 6.45) is 3.03. The number of benzene rings is 1. The number of rotatable bonds is 4. The maximum atomic E-state index is 13.9. The molecule has 1 unspecified atom stereocenters. The van der Waals surface area contributed by atoms with Crippen molar-refractivity contribution in [1.82, 2.24) is 5.32 Å². The molecule has 5 heteroatoms. The predicted molar refractivity (Wildman–Crippen MR) is 68.3 cm³/mol. The second-order valence-electron chi connectivity index (χ2n) is 3.84. The summed E-state index contributed by atoms with van der Waals surface area (Å²) >= 11 is 2.96. The van der Waals surface area contributed by atoms with E-state index in [-0.39, 0.29) is 10.0 Å². The summed E-state index contributed by atoms with van der Waals surface area (Å²) in [4.78, 5) is 0. The Balaban J connectivity index is 2.46. The van der Waals surface area contributed by atoms with Crippen molar-refractivity contribution in [3.63, 3.8) is 0 Å². The highest BCUT2D eigenvalue weighted by Crippen LogP contribution is 2.28. The van der Waals surface area contributed by atoms with Crippen LogP contribution >= 0.6 is 15.9 Å². The molecule has 0 radical (unpaired) electrons. The molecular weight excluding hydrogens is 304 g/mol. The molecule has 0 aliphatic heterocycles. The van der Waals surface area contributed by atoms with Crippen LogP contribution in [0.5, 0.6) is 0 Å². The number of halogens is 3. The zero-order chi connectivity index (χ0) is 13.1. The lowest BCUT2D eigenvalue weighted by Gasteiger charge is -2.18. The van der Waals surface area contributed by atoms with Crippen LogP contribution in [0.3, 0.4) is 0 Å². The van der Waals surface area contributed by atoms with Crippen molar-refractivity contribution in [2.45, 2.75) is 13.0 Å². The fraction of sp³-hybridized carbons (Fsp3) is 0.231. The molecule has 0 spiro atoms. The Morgan fingerprint density at radius 3 is 2.72 bits per heavy atom. The maximum Gasteiger partial charge on any atom is 0.137 e. The Labute approximate surface area is 112 Å². The van der Waals surface area contributed by atoms with Gasteiger partial charge in [-0.15, -0.1) is 0 Å². The molecule has 96 valence electrons. The molecule has 0 aliphatic rings. The van der Waals surface area contributed by atoms with Crippen LogP contribution < -0.4 is 5.32 Å². The van der Waals surface area contributed by atoms with Crippen molar-refractivity contribution >= 4 is 15.9 Å². The monoisotopic (exact) mass is 315 g/mol. The summed E-state index contributed by atoms with van der Waals surface area (Å²) in [6, 6.07) is 3.64. The molecule has 0 saturated heterocycles. The maximum absolute atomic E-state index is 13.9. The fourth-order valence-electron chi connectivity index (χ4n) is 1.81. The van der Waals surface area contributed by atoms with Crippen LogP contribution in [0.1, 0.15) is 24.1 Å². The average Bonchev–Trinajstić information content (AvgIpc) is 2.85. The Morgan fingerprint density at radius 1 is 1.33 bits per heavy atom. The van der Waals surface area contributed by atoms with E-state index in [4.69, 9.17) is 4.42 Å². The van der Waals surface area contributed by atoms with Crippen molar-refractivity contribution in [2.24, 2.45) is 0 Å². The largest absolute Gasteiger partial charge is 0.472 e. The third-order valence-corrected chi connectivity index (χ3v) is 3.24. The molecule has 1 N–H and O–H groups in total. The van der Waals surface area contributed by atoms with E-state index >= 15 is 0 Å². The zero-order valence-electron chi connectivity index (χ0n) is 9.71. The molecular formula is C13H12BrF2NO. The Morgan fingerprint density at radius 2 is 2.11 bits per heavy atom. The van der Waals surface area contributed by atoms with E-state index < -0.39 is 17.7 Å². The van der Waals surface area contributed by atoms with Gasteiger partial charge in [0, 0.05) is 11.1 Å². The van der Waals surface area contributed by atoms with Gasteiger partial charge in [0.25, 0.3) is 0 Å². The van der Waals surface area contributed by atoms with E-state index in [9.17, 15) is 8.78 Å². The van der Waals surface area contributed by atoms with Crippen LogP contribution in [-0.4, -0.2) is 6.54 Å². The molecule has 2 aromatic rings. The average molecular weight is 316 g/mol. The van der Waals surface area contributed by atoms with Crippen LogP contribution in [0.15, 0.2) is 39.6 Å². The van der Waals surface area contributed by atoms with Crippen molar-refractivity contribution < 1.29 is 13.2 Å². The molecule has 1 atom stereocenters. The van der Waals surface area contributed by atoms with Gasteiger partial charge in [-0.2, -0.15) is 0 Å². The molecule has 2 nitrogen and oxygen atoms in total. The Bertz CT molecular complexity index is 528. The Kier molecular flexibility index (Phi) is 4.14. The first-order valence-corrected chi connectivity index (χ1v) is 6.32. The lowest BCUT2D eigenvalue weighted by atomic mass is 10.0. The molecule has 2 rings (SSSR count). The lowest BCUT2D eigenvalue weighted by molar-refractivity contribution is 0.529. The molecule has 0 aliphatic carbocycles. The van der Waals surface area contributed by atoms with Gasteiger partial charge < -0.3 is 9.73 Å². The van der Waals surface area contributed by atoms with Gasteiger partial charge in [0.2, 0.25) is 0 Å². The van der Waals surface area contributed by atoms with Gasteiger partial charge in [-0.05, 0) is 40.7 Å². The predicted octanol–water partition coefficient (Wildman–Crippen LogP) is 4.02. The van der Waals surface area contributed by atoms with E-state index in [1.165, 1.54) is 18.6 Å². The number of hydrogen-bond acceptors (Lipinski definition) is 2. The molecule has 1 aromatic carbocycles. The highest BCUT2D eigenvalue weighted by Gasteiger charge is 2.20. The summed E-state index contributed by atoms with van der Waals surface area (Å²) in [7, 11) is 0. The summed E-state index contributed by atoms with van der Waals surface area (Å²) in [5.74, 6) is -0.951. The summed E-state index contributed by atoms with van der Waals surface area (Å²) in [5.41, 5.74) is 1.02. The van der Waals surface area contributed by atoms with Crippen molar-refractivity contribution in [3.05, 3.63) is 58.0 Å². The Hall–Kier alpha value is -1.20. The van der Waals surface area contributed by atoms with Crippen molar-refractivity contribution in [1.29, 1.82) is 0 Å². The van der Waals surface area contributed by atoms with E-state index in [0.29, 0.717) is 6.54 Å². The van der Waals surface area contributed by atoms with Crippen LogP contribution in [-0.2, 0) is 0 Å². The second kappa shape index (κ2) is 5.63. The third-order valence-electron chi connectivity index (χ3n) is 2.64. The molecule has 1 heterocycles. The fourth-order valence-corrected chi connectivity index (χ4v) is 2.13. The first kappa shape index (κ1) is 13.2. The van der Waals surface area contributed by atoms with Crippen LogP contribution in [0.4, 0.5) is 8.78 Å². The van der Waals surface area contributed by atoms with Crippen LogP contribution in [0.2, 0.25) is 0 Å². The van der Waals surface area contributed by atoms with Gasteiger partial charge in [-0.3, -0.25) is 0 Å². The summed E-state index contributed by atoms with van der Waals surface area (Å²) in [5, 5.41) is 3.11. The quantitative estimate of drug-likeness (QED) is 0.862. The minimum atomic E-state index is -0.488. The number of furan rings is 1. The summed E-state index contributed by atoms with van der Waals surface area (Å²) in [6.45, 7) is 2.53. The van der Waals surface area contributed by atoms with E-state index in [1.807, 2.05) is 6.92 Å². The topological polar surface area (TPSA) is 25.2 Å². The minimum absolute atomic E-state index is 0.117. The number of nitrogens with one attached hydrogen (secondary N) is 1. The third kappa shape index (κ3) is 2.62. The van der Waals surface area contributed by atoms with E-state index in [1.54, 1.807) is 6.07 Å². The van der Waals surface area contributed by atoms with Gasteiger partial charge in [-0.25, -0.2) is 8.78 Å². The van der Waals surface area contributed by atoms with Gasteiger partial charge in [0.05, 0.1) is 23.0 Å². The summed E-state index contributed by atoms with van der Waals surface area (Å²) < 4.78 is 32.6. The first-order chi connectivity index (χ1) is 8.63. The molecule has 0 fully saturated rings. The van der Waals surface area contributed by atoms with E-state index in [0.717, 1.165) is 11.6 Å². The molecule has 0 amide bonds. The smallest absolute Gasteiger partial charge is 0.137 e. The standard InChI is InChI=1S/C13H12BrF2NO/c1-2-17-13(8-3-4-18-7-8)9-5-12(16)10(14)6-11(9)15/h3-7,13,17H,2H2,1H3. The van der Waals surface area contributed by atoms with Gasteiger partial charge in [0.15, 0.2) is 0 Å². The number of hydrogen-bond donors (Lipinski definition) is 1. The highest BCUT2D eigenvalue weighted by atomic mass is 79.9. The van der Waals surface area contributed by atoms with Crippen LogP contribution in [0.25, 0.3) is 0 Å².